The highest BCUT2D eigenvalue weighted by Crippen LogP contribution is 2.47. The smallest absolute Gasteiger partial charge is 0.0249 e. The molecule has 3 heteroatoms. The second kappa shape index (κ2) is 4.77. The zero-order valence-corrected chi connectivity index (χ0v) is 10.8. The number of nitrogens with one attached hydrogen (secondary N) is 1. The maximum Gasteiger partial charge on any atom is 0.0249 e. The van der Waals surface area contributed by atoms with Gasteiger partial charge in [0.15, 0.2) is 0 Å². The Balaban J connectivity index is 1.41. The van der Waals surface area contributed by atoms with Crippen molar-refractivity contribution in [3.8, 4) is 0 Å². The predicted octanol–water partition coefficient (Wildman–Crippen LogP) is 1.92. The van der Waals surface area contributed by atoms with Gasteiger partial charge in [-0.2, -0.15) is 0 Å². The zero-order valence-electron chi connectivity index (χ0n) is 9.99. The highest BCUT2D eigenvalue weighted by atomic mass is 32.2. The first-order valence-electron chi connectivity index (χ1n) is 6.89. The molecule has 1 saturated heterocycles. The molecule has 2 bridgehead atoms. The summed E-state index contributed by atoms with van der Waals surface area (Å²) >= 11 is 0. The molecular weight excluding hydrogens is 218 g/mol. The molecule has 1 N–H and O–H groups in total. The lowest BCUT2D eigenvalue weighted by molar-refractivity contribution is 0.301. The molecule has 1 heterocycles. The summed E-state index contributed by atoms with van der Waals surface area (Å²) in [4.78, 5) is 0. The summed E-state index contributed by atoms with van der Waals surface area (Å²) in [5.74, 6) is 4.92. The summed E-state index contributed by atoms with van der Waals surface area (Å²) in [5.41, 5.74) is 0. The quantitative estimate of drug-likeness (QED) is 0.818. The minimum absolute atomic E-state index is 0.508. The van der Waals surface area contributed by atoms with Gasteiger partial charge in [-0.1, -0.05) is 6.42 Å². The lowest BCUT2D eigenvalue weighted by Crippen LogP contribution is -2.39. The molecule has 0 aromatic rings. The fourth-order valence-corrected chi connectivity index (χ4v) is 5.24. The Morgan fingerprint density at radius 1 is 1.06 bits per heavy atom. The average Bonchev–Trinajstić information content (AvgIpc) is 2.90. The van der Waals surface area contributed by atoms with Gasteiger partial charge in [0.25, 0.3) is 0 Å². The molecule has 0 amide bonds. The molecule has 2 aliphatic carbocycles. The first-order chi connectivity index (χ1) is 7.81. The topological polar surface area (TPSA) is 29.1 Å². The Morgan fingerprint density at radius 3 is 2.50 bits per heavy atom. The van der Waals surface area contributed by atoms with Crippen LogP contribution in [0.25, 0.3) is 0 Å². The van der Waals surface area contributed by atoms with Crippen LogP contribution in [0.4, 0.5) is 0 Å². The van der Waals surface area contributed by atoms with Crippen LogP contribution in [-0.2, 0) is 10.8 Å². The van der Waals surface area contributed by atoms with Crippen molar-refractivity contribution in [1.29, 1.82) is 0 Å². The predicted molar refractivity (Wildman–Crippen MR) is 67.8 cm³/mol. The Bertz CT molecular complexity index is 271. The second-order valence-electron chi connectivity index (χ2n) is 5.97. The van der Waals surface area contributed by atoms with Crippen molar-refractivity contribution in [3.05, 3.63) is 0 Å². The zero-order chi connectivity index (χ0) is 11.0. The van der Waals surface area contributed by atoms with Gasteiger partial charge in [-0.25, -0.2) is 0 Å². The molecule has 3 aliphatic rings. The molecular formula is C13H23NOS. The third kappa shape index (κ3) is 2.35. The van der Waals surface area contributed by atoms with Crippen LogP contribution in [0, 0.1) is 17.8 Å². The summed E-state index contributed by atoms with van der Waals surface area (Å²) in [6.45, 7) is 1.23. The lowest BCUT2D eigenvalue weighted by atomic mass is 9.88. The van der Waals surface area contributed by atoms with Gasteiger partial charge in [-0.05, 0) is 56.4 Å². The largest absolute Gasteiger partial charge is 0.314 e. The van der Waals surface area contributed by atoms with Crippen LogP contribution in [0.3, 0.4) is 0 Å². The Hall–Kier alpha value is 0.110. The first-order valence-corrected chi connectivity index (χ1v) is 8.38. The normalized spacial score (nSPS) is 47.4. The lowest BCUT2D eigenvalue weighted by Gasteiger charge is -2.27. The van der Waals surface area contributed by atoms with Crippen LogP contribution < -0.4 is 5.32 Å². The van der Waals surface area contributed by atoms with Crippen molar-refractivity contribution >= 4 is 10.8 Å². The molecule has 2 saturated carbocycles. The Kier molecular flexibility index (Phi) is 3.34. The minimum atomic E-state index is -0.508. The van der Waals surface area contributed by atoms with Crippen molar-refractivity contribution < 1.29 is 4.21 Å². The molecule has 0 radical (unpaired) electrons. The molecule has 0 aromatic heterocycles. The van der Waals surface area contributed by atoms with Gasteiger partial charge in [-0.15, -0.1) is 0 Å². The van der Waals surface area contributed by atoms with E-state index in [4.69, 9.17) is 0 Å². The third-order valence-electron chi connectivity index (χ3n) is 4.94. The van der Waals surface area contributed by atoms with E-state index < -0.39 is 10.8 Å². The highest BCUT2D eigenvalue weighted by Gasteiger charge is 2.39. The van der Waals surface area contributed by atoms with Gasteiger partial charge in [-0.3, -0.25) is 4.21 Å². The van der Waals surface area contributed by atoms with Crippen LogP contribution in [0.15, 0.2) is 0 Å². The van der Waals surface area contributed by atoms with Gasteiger partial charge < -0.3 is 5.32 Å². The summed E-state index contributed by atoms with van der Waals surface area (Å²) in [6.07, 6.45) is 8.26. The number of hydrogen-bond donors (Lipinski definition) is 1. The van der Waals surface area contributed by atoms with E-state index in [1.54, 1.807) is 0 Å². The Morgan fingerprint density at radius 2 is 1.88 bits per heavy atom. The first kappa shape index (κ1) is 11.2. The SMILES string of the molecule is O=S1CCC(NCC2CC3CCC2C3)CC1. The highest BCUT2D eigenvalue weighted by molar-refractivity contribution is 7.85. The van der Waals surface area contributed by atoms with Crippen LogP contribution in [-0.4, -0.2) is 28.3 Å². The fourth-order valence-electron chi connectivity index (χ4n) is 3.94. The molecule has 1 aliphatic heterocycles. The van der Waals surface area contributed by atoms with Crippen molar-refractivity contribution in [2.45, 2.75) is 44.6 Å². The molecule has 3 fully saturated rings. The monoisotopic (exact) mass is 241 g/mol. The molecule has 3 atom stereocenters. The second-order valence-corrected chi connectivity index (χ2v) is 7.66. The van der Waals surface area contributed by atoms with Crippen molar-refractivity contribution in [2.24, 2.45) is 17.8 Å². The molecule has 2 nitrogen and oxygen atoms in total. The van der Waals surface area contributed by atoms with E-state index in [1.807, 2.05) is 0 Å². The maximum absolute atomic E-state index is 11.3. The van der Waals surface area contributed by atoms with Crippen LogP contribution in [0.1, 0.15) is 38.5 Å². The van der Waals surface area contributed by atoms with Gasteiger partial charge in [0.2, 0.25) is 0 Å². The van der Waals surface area contributed by atoms with E-state index in [9.17, 15) is 4.21 Å². The summed E-state index contributed by atoms with van der Waals surface area (Å²) in [5, 5.41) is 3.73. The van der Waals surface area contributed by atoms with E-state index in [-0.39, 0.29) is 0 Å². The van der Waals surface area contributed by atoms with Crippen molar-refractivity contribution in [1.82, 2.24) is 5.32 Å². The summed E-state index contributed by atoms with van der Waals surface area (Å²) in [7, 11) is -0.508. The maximum atomic E-state index is 11.3. The summed E-state index contributed by atoms with van der Waals surface area (Å²) < 4.78 is 11.3. The number of fused-ring (bicyclic) bond motifs is 2. The van der Waals surface area contributed by atoms with Crippen molar-refractivity contribution in [3.63, 3.8) is 0 Å². The van der Waals surface area contributed by atoms with Gasteiger partial charge in [0.05, 0.1) is 0 Å². The standard InChI is InChI=1S/C13H23NOS/c15-16-5-3-13(4-6-16)14-9-12-8-10-1-2-11(12)7-10/h10-14H,1-9H2. The van der Waals surface area contributed by atoms with Crippen LogP contribution in [0.2, 0.25) is 0 Å². The van der Waals surface area contributed by atoms with E-state index in [1.165, 1.54) is 32.2 Å². The van der Waals surface area contributed by atoms with E-state index in [2.05, 4.69) is 5.32 Å². The molecule has 16 heavy (non-hydrogen) atoms. The minimum Gasteiger partial charge on any atom is -0.314 e. The summed E-state index contributed by atoms with van der Waals surface area (Å²) in [6, 6.07) is 0.664. The van der Waals surface area contributed by atoms with Gasteiger partial charge >= 0.3 is 0 Å². The van der Waals surface area contributed by atoms with Gasteiger partial charge in [0.1, 0.15) is 0 Å². The van der Waals surface area contributed by atoms with Crippen LogP contribution >= 0.6 is 0 Å². The van der Waals surface area contributed by atoms with Crippen molar-refractivity contribution in [2.75, 3.05) is 18.1 Å². The van der Waals surface area contributed by atoms with Crippen LogP contribution in [0.5, 0.6) is 0 Å². The number of hydrogen-bond acceptors (Lipinski definition) is 2. The molecule has 0 aromatic carbocycles. The molecule has 3 rings (SSSR count). The molecule has 92 valence electrons. The molecule has 0 spiro atoms. The Labute approximate surface area is 101 Å². The van der Waals surface area contributed by atoms with E-state index >= 15 is 0 Å². The van der Waals surface area contributed by atoms with E-state index in [0.717, 1.165) is 42.1 Å². The van der Waals surface area contributed by atoms with E-state index in [0.29, 0.717) is 6.04 Å². The number of rotatable bonds is 3. The van der Waals surface area contributed by atoms with Gasteiger partial charge in [0, 0.05) is 28.3 Å². The third-order valence-corrected chi connectivity index (χ3v) is 6.32. The fraction of sp³-hybridized carbons (Fsp3) is 1.00. The molecule has 3 unspecified atom stereocenters. The average molecular weight is 241 g/mol.